The molecule has 0 aliphatic rings. The second-order valence-corrected chi connectivity index (χ2v) is 4.05. The van der Waals surface area contributed by atoms with Gasteiger partial charge in [-0.1, -0.05) is 0 Å². The molecule has 0 heterocycles. The molecule has 0 saturated heterocycles. The number of ether oxygens (including phenoxy) is 2. The maximum absolute atomic E-state index is 11.1. The van der Waals surface area contributed by atoms with Gasteiger partial charge in [-0.15, -0.1) is 0 Å². The van der Waals surface area contributed by atoms with Crippen molar-refractivity contribution in [2.45, 2.75) is 13.3 Å². The Kier molecular flexibility index (Phi) is 6.42. The first kappa shape index (κ1) is 14.6. The van der Waals surface area contributed by atoms with Gasteiger partial charge in [0.1, 0.15) is 0 Å². The molecule has 0 fully saturated rings. The van der Waals surface area contributed by atoms with Gasteiger partial charge in [-0.3, -0.25) is 4.79 Å². The summed E-state index contributed by atoms with van der Waals surface area (Å²) in [6.07, 6.45) is -1.22. The zero-order chi connectivity index (χ0) is 12.6. The monoisotopic (exact) mass is 254 g/mol. The minimum atomic E-state index is -3.99. The van der Waals surface area contributed by atoms with Crippen LogP contribution in [0.1, 0.15) is 13.3 Å². The van der Waals surface area contributed by atoms with Crippen LogP contribution in [0.15, 0.2) is 0 Å². The van der Waals surface area contributed by atoms with E-state index < -0.39 is 22.3 Å². The van der Waals surface area contributed by atoms with Crippen LogP contribution in [-0.2, 0) is 24.5 Å². The molecule has 0 aromatic rings. The van der Waals surface area contributed by atoms with Gasteiger partial charge >= 0.3 is 22.3 Å². The van der Waals surface area contributed by atoms with E-state index in [1.165, 1.54) is 0 Å². The fraction of sp³-hybridized carbons (Fsp3) is 0.714. The summed E-state index contributed by atoms with van der Waals surface area (Å²) in [5, 5.41) is 0. The van der Waals surface area contributed by atoms with Crippen molar-refractivity contribution in [1.29, 1.82) is 0 Å². The Hall–Kier alpha value is -1.35. The predicted molar refractivity (Wildman–Crippen MR) is 53.7 cm³/mol. The maximum atomic E-state index is 11.1. The third-order valence-corrected chi connectivity index (χ3v) is 2.35. The van der Waals surface area contributed by atoms with Gasteiger partial charge in [0.25, 0.3) is 0 Å². The second kappa shape index (κ2) is 7.01. The SMILES string of the molecule is CCOC(=O)CCNS(=O)(=O)NC(=O)OC. The Bertz CT molecular complexity index is 339. The highest BCUT2D eigenvalue weighted by atomic mass is 32.2. The van der Waals surface area contributed by atoms with E-state index in [4.69, 9.17) is 0 Å². The fourth-order valence-corrected chi connectivity index (χ4v) is 1.45. The summed E-state index contributed by atoms with van der Waals surface area (Å²) in [5.74, 6) is -0.525. The largest absolute Gasteiger partial charge is 0.466 e. The lowest BCUT2D eigenvalue weighted by Crippen LogP contribution is -2.41. The summed E-state index contributed by atoms with van der Waals surface area (Å²) in [6.45, 7) is 1.71. The molecule has 0 aromatic heterocycles. The molecule has 1 amide bonds. The van der Waals surface area contributed by atoms with Gasteiger partial charge < -0.3 is 9.47 Å². The number of amides is 1. The molecule has 2 N–H and O–H groups in total. The van der Waals surface area contributed by atoms with Gasteiger partial charge in [0, 0.05) is 6.54 Å². The van der Waals surface area contributed by atoms with E-state index >= 15 is 0 Å². The van der Waals surface area contributed by atoms with Crippen molar-refractivity contribution in [3.8, 4) is 0 Å². The van der Waals surface area contributed by atoms with Gasteiger partial charge in [-0.05, 0) is 6.92 Å². The summed E-state index contributed by atoms with van der Waals surface area (Å²) in [5.41, 5.74) is 0. The molecule has 0 aliphatic heterocycles. The van der Waals surface area contributed by atoms with Crippen molar-refractivity contribution >= 4 is 22.3 Å². The van der Waals surface area contributed by atoms with Crippen molar-refractivity contribution in [2.24, 2.45) is 0 Å². The van der Waals surface area contributed by atoms with E-state index in [2.05, 4.69) is 9.47 Å². The lowest BCUT2D eigenvalue weighted by Gasteiger charge is -2.06. The average Bonchev–Trinajstić information content (AvgIpc) is 2.16. The molecule has 94 valence electrons. The maximum Gasteiger partial charge on any atom is 0.421 e. The number of carbonyl (C=O) groups excluding carboxylic acids is 2. The van der Waals surface area contributed by atoms with Crippen LogP contribution in [0.5, 0.6) is 0 Å². The molecular weight excluding hydrogens is 240 g/mol. The predicted octanol–water partition coefficient (Wildman–Crippen LogP) is -0.870. The zero-order valence-corrected chi connectivity index (χ0v) is 9.80. The third kappa shape index (κ3) is 7.01. The van der Waals surface area contributed by atoms with E-state index in [0.29, 0.717) is 0 Å². The quantitative estimate of drug-likeness (QED) is 0.596. The Balaban J connectivity index is 3.92. The van der Waals surface area contributed by atoms with E-state index in [1.807, 2.05) is 4.72 Å². The van der Waals surface area contributed by atoms with Crippen molar-refractivity contribution in [1.82, 2.24) is 9.44 Å². The molecule has 9 heteroatoms. The highest BCUT2D eigenvalue weighted by molar-refractivity contribution is 7.88. The minimum Gasteiger partial charge on any atom is -0.466 e. The number of rotatable bonds is 6. The van der Waals surface area contributed by atoms with Gasteiger partial charge in [0.2, 0.25) is 0 Å². The van der Waals surface area contributed by atoms with Crippen molar-refractivity contribution in [2.75, 3.05) is 20.3 Å². The molecule has 0 aliphatic carbocycles. The number of nitrogens with one attached hydrogen (secondary N) is 2. The van der Waals surface area contributed by atoms with Gasteiger partial charge in [-0.25, -0.2) is 9.52 Å². The van der Waals surface area contributed by atoms with Crippen LogP contribution in [-0.4, -0.2) is 40.7 Å². The molecule has 0 aromatic carbocycles. The van der Waals surface area contributed by atoms with Crippen LogP contribution in [0, 0.1) is 0 Å². The molecule has 0 saturated carbocycles. The van der Waals surface area contributed by atoms with Crippen molar-refractivity contribution in [3.63, 3.8) is 0 Å². The molecule has 0 rings (SSSR count). The van der Waals surface area contributed by atoms with E-state index in [0.717, 1.165) is 7.11 Å². The first-order valence-electron chi connectivity index (χ1n) is 4.42. The van der Waals surface area contributed by atoms with Crippen molar-refractivity contribution in [3.05, 3.63) is 0 Å². The molecule has 16 heavy (non-hydrogen) atoms. The third-order valence-electron chi connectivity index (χ3n) is 1.33. The normalized spacial score (nSPS) is 10.6. The van der Waals surface area contributed by atoms with Gasteiger partial charge in [0.05, 0.1) is 20.1 Å². The Labute approximate surface area is 93.5 Å². The molecule has 0 spiro atoms. The Morgan fingerprint density at radius 2 is 1.94 bits per heavy atom. The smallest absolute Gasteiger partial charge is 0.421 e. The summed E-state index contributed by atoms with van der Waals surface area (Å²) >= 11 is 0. The average molecular weight is 254 g/mol. The molecular formula is C7H14N2O6S. The lowest BCUT2D eigenvalue weighted by atomic mass is 10.4. The number of carbonyl (C=O) groups is 2. The number of hydrogen-bond donors (Lipinski definition) is 2. The van der Waals surface area contributed by atoms with Crippen LogP contribution in [0.3, 0.4) is 0 Å². The molecule has 0 atom stereocenters. The van der Waals surface area contributed by atoms with Gasteiger partial charge in [0.15, 0.2) is 0 Å². The summed E-state index contributed by atoms with van der Waals surface area (Å²) in [7, 11) is -2.95. The van der Waals surface area contributed by atoms with Crippen LogP contribution in [0.25, 0.3) is 0 Å². The highest BCUT2D eigenvalue weighted by Crippen LogP contribution is 1.86. The van der Waals surface area contributed by atoms with E-state index in [-0.39, 0.29) is 19.6 Å². The van der Waals surface area contributed by atoms with E-state index in [1.54, 1.807) is 11.6 Å². The van der Waals surface area contributed by atoms with Gasteiger partial charge in [-0.2, -0.15) is 13.1 Å². The zero-order valence-electron chi connectivity index (χ0n) is 8.98. The summed E-state index contributed by atoms with van der Waals surface area (Å²) in [6, 6.07) is 0. The van der Waals surface area contributed by atoms with Crippen LogP contribution in [0.2, 0.25) is 0 Å². The van der Waals surface area contributed by atoms with Crippen LogP contribution < -0.4 is 9.44 Å². The Morgan fingerprint density at radius 3 is 2.44 bits per heavy atom. The van der Waals surface area contributed by atoms with Crippen molar-refractivity contribution < 1.29 is 27.5 Å². The Morgan fingerprint density at radius 1 is 1.31 bits per heavy atom. The minimum absolute atomic E-state index is 0.115. The second-order valence-electron chi connectivity index (χ2n) is 2.55. The molecule has 0 unspecified atom stereocenters. The first-order chi connectivity index (χ1) is 7.41. The number of methoxy groups -OCH3 is 1. The lowest BCUT2D eigenvalue weighted by molar-refractivity contribution is -0.142. The highest BCUT2D eigenvalue weighted by Gasteiger charge is 2.14. The first-order valence-corrected chi connectivity index (χ1v) is 5.90. The fourth-order valence-electron chi connectivity index (χ4n) is 0.708. The van der Waals surface area contributed by atoms with Crippen LogP contribution >= 0.6 is 0 Å². The molecule has 0 bridgehead atoms. The standard InChI is InChI=1S/C7H14N2O6S/c1-3-15-6(10)4-5-8-16(12,13)9-7(11)14-2/h8H,3-5H2,1-2H3,(H,9,11). The topological polar surface area (TPSA) is 111 Å². The number of hydrogen-bond acceptors (Lipinski definition) is 6. The molecule has 8 nitrogen and oxygen atoms in total. The number of esters is 1. The summed E-state index contributed by atoms with van der Waals surface area (Å²) in [4.78, 5) is 21.4. The van der Waals surface area contributed by atoms with Crippen LogP contribution in [0.4, 0.5) is 4.79 Å². The summed E-state index contributed by atoms with van der Waals surface area (Å²) < 4.78 is 34.3. The van der Waals surface area contributed by atoms with E-state index in [9.17, 15) is 18.0 Å². The molecule has 0 radical (unpaired) electrons.